The summed E-state index contributed by atoms with van der Waals surface area (Å²) in [7, 11) is 1.94. The fourth-order valence-electron chi connectivity index (χ4n) is 2.66. The van der Waals surface area contributed by atoms with Gasteiger partial charge in [-0.05, 0) is 57.4 Å². The lowest BCUT2D eigenvalue weighted by molar-refractivity contribution is 0.283. The third-order valence-corrected chi connectivity index (χ3v) is 4.62. The molecule has 0 aromatic heterocycles. The summed E-state index contributed by atoms with van der Waals surface area (Å²) < 4.78 is 0. The maximum absolute atomic E-state index is 9.08. The van der Waals surface area contributed by atoms with Gasteiger partial charge in [0, 0.05) is 35.9 Å². The number of anilines is 1. The van der Waals surface area contributed by atoms with Crippen LogP contribution >= 0.6 is 11.6 Å². The van der Waals surface area contributed by atoms with E-state index < -0.39 is 0 Å². The minimum absolute atomic E-state index is 0.242. The second-order valence-electron chi connectivity index (χ2n) is 5.57. The lowest BCUT2D eigenvalue weighted by Gasteiger charge is -2.39. The molecule has 1 aromatic carbocycles. The topological polar surface area (TPSA) is 35.5 Å². The van der Waals surface area contributed by atoms with Gasteiger partial charge in [-0.1, -0.05) is 17.7 Å². The zero-order valence-corrected chi connectivity index (χ0v) is 13.2. The average molecular weight is 297 g/mol. The molecule has 1 aromatic rings. The van der Waals surface area contributed by atoms with Crippen LogP contribution < -0.4 is 10.2 Å². The Morgan fingerprint density at radius 1 is 1.45 bits per heavy atom. The maximum Gasteiger partial charge on any atom is 0.0474 e. The molecule has 1 unspecified atom stereocenters. The smallest absolute Gasteiger partial charge is 0.0474 e. The highest BCUT2D eigenvalue weighted by atomic mass is 35.5. The van der Waals surface area contributed by atoms with Gasteiger partial charge in [-0.15, -0.1) is 0 Å². The molecule has 0 heterocycles. The summed E-state index contributed by atoms with van der Waals surface area (Å²) in [6, 6.07) is 7.21. The lowest BCUT2D eigenvalue weighted by atomic mass is 9.90. The van der Waals surface area contributed by atoms with E-state index in [-0.39, 0.29) is 12.6 Å². The Labute approximate surface area is 126 Å². The molecule has 112 valence electrons. The first-order chi connectivity index (χ1) is 9.67. The molecule has 1 atom stereocenters. The van der Waals surface area contributed by atoms with Crippen molar-refractivity contribution in [2.45, 2.75) is 44.7 Å². The Hall–Kier alpha value is -0.770. The van der Waals surface area contributed by atoms with Crippen molar-refractivity contribution in [1.29, 1.82) is 0 Å². The van der Waals surface area contributed by atoms with Crippen molar-refractivity contribution in [3.63, 3.8) is 0 Å². The van der Waals surface area contributed by atoms with Gasteiger partial charge in [-0.3, -0.25) is 0 Å². The summed E-state index contributed by atoms with van der Waals surface area (Å²) in [5, 5.41) is 13.1. The van der Waals surface area contributed by atoms with E-state index in [4.69, 9.17) is 16.7 Å². The Morgan fingerprint density at radius 3 is 2.70 bits per heavy atom. The summed E-state index contributed by atoms with van der Waals surface area (Å²) in [6.45, 7) is 3.25. The van der Waals surface area contributed by atoms with Gasteiger partial charge in [-0.2, -0.15) is 0 Å². The Kier molecular flexibility index (Phi) is 5.70. The Balaban J connectivity index is 2.18. The number of nitrogens with one attached hydrogen (secondary N) is 1. The van der Waals surface area contributed by atoms with Crippen molar-refractivity contribution >= 4 is 17.3 Å². The summed E-state index contributed by atoms with van der Waals surface area (Å²) >= 11 is 6.43. The van der Waals surface area contributed by atoms with E-state index in [1.54, 1.807) is 0 Å². The van der Waals surface area contributed by atoms with Gasteiger partial charge in [0.25, 0.3) is 0 Å². The minimum atomic E-state index is 0.242. The molecule has 1 aliphatic carbocycles. The van der Waals surface area contributed by atoms with Crippen LogP contribution in [0.15, 0.2) is 18.2 Å². The van der Waals surface area contributed by atoms with E-state index in [0.717, 1.165) is 23.6 Å². The van der Waals surface area contributed by atoms with Crippen LogP contribution in [0, 0.1) is 0 Å². The van der Waals surface area contributed by atoms with Crippen LogP contribution in [0.25, 0.3) is 0 Å². The fraction of sp³-hybridized carbons (Fsp3) is 0.625. The van der Waals surface area contributed by atoms with Gasteiger partial charge in [0.2, 0.25) is 0 Å². The van der Waals surface area contributed by atoms with Crippen LogP contribution in [0.1, 0.15) is 44.2 Å². The third-order valence-electron chi connectivity index (χ3n) is 4.29. The molecule has 0 aliphatic heterocycles. The zero-order chi connectivity index (χ0) is 14.5. The zero-order valence-electron chi connectivity index (χ0n) is 12.4. The van der Waals surface area contributed by atoms with Crippen LogP contribution in [0.5, 0.6) is 0 Å². The number of aliphatic hydroxyl groups excluding tert-OH is 1. The Bertz CT molecular complexity index is 434. The quantitative estimate of drug-likeness (QED) is 0.810. The van der Waals surface area contributed by atoms with Crippen LogP contribution in [0.2, 0.25) is 5.02 Å². The highest BCUT2D eigenvalue weighted by Crippen LogP contribution is 2.33. The standard InChI is InChI=1S/C16H25ClN2O/c1-12(18-2)15-8-7-14(11-16(15)17)19(9-4-10-20)13-5-3-6-13/h7-8,11-13,18,20H,3-6,9-10H2,1-2H3. The number of nitrogens with zero attached hydrogens (tertiary/aromatic N) is 1. The van der Waals surface area contributed by atoms with Crippen molar-refractivity contribution in [1.82, 2.24) is 5.32 Å². The normalized spacial score (nSPS) is 16.8. The molecule has 0 saturated heterocycles. The highest BCUT2D eigenvalue weighted by Gasteiger charge is 2.25. The number of hydrogen-bond donors (Lipinski definition) is 2. The fourth-order valence-corrected chi connectivity index (χ4v) is 3.00. The molecule has 1 aliphatic rings. The summed E-state index contributed by atoms with van der Waals surface area (Å²) in [4.78, 5) is 2.40. The third kappa shape index (κ3) is 3.46. The molecule has 1 saturated carbocycles. The van der Waals surface area contributed by atoms with Gasteiger partial charge in [0.1, 0.15) is 0 Å². The van der Waals surface area contributed by atoms with Crippen LogP contribution in [-0.4, -0.2) is 31.3 Å². The molecular formula is C16H25ClN2O. The summed E-state index contributed by atoms with van der Waals surface area (Å²) in [5.74, 6) is 0. The predicted molar refractivity (Wildman–Crippen MR) is 85.6 cm³/mol. The second-order valence-corrected chi connectivity index (χ2v) is 5.98. The van der Waals surface area contributed by atoms with Crippen LogP contribution in [-0.2, 0) is 0 Å². The number of aliphatic hydroxyl groups is 1. The molecular weight excluding hydrogens is 272 g/mol. The molecule has 0 radical (unpaired) electrons. The van der Waals surface area contributed by atoms with Gasteiger partial charge >= 0.3 is 0 Å². The molecule has 4 heteroatoms. The van der Waals surface area contributed by atoms with E-state index >= 15 is 0 Å². The van der Waals surface area contributed by atoms with E-state index in [2.05, 4.69) is 35.3 Å². The number of halogens is 1. The van der Waals surface area contributed by atoms with Crippen molar-refractivity contribution in [3.05, 3.63) is 28.8 Å². The maximum atomic E-state index is 9.08. The molecule has 20 heavy (non-hydrogen) atoms. The lowest BCUT2D eigenvalue weighted by Crippen LogP contribution is -2.41. The minimum Gasteiger partial charge on any atom is -0.396 e. The van der Waals surface area contributed by atoms with Gasteiger partial charge < -0.3 is 15.3 Å². The van der Waals surface area contributed by atoms with E-state index in [1.165, 1.54) is 24.9 Å². The van der Waals surface area contributed by atoms with Gasteiger partial charge in [0.15, 0.2) is 0 Å². The van der Waals surface area contributed by atoms with Crippen molar-refractivity contribution in [2.24, 2.45) is 0 Å². The predicted octanol–water partition coefficient (Wildman–Crippen LogP) is 3.36. The van der Waals surface area contributed by atoms with E-state index in [0.29, 0.717) is 6.04 Å². The first kappa shape index (κ1) is 15.6. The van der Waals surface area contributed by atoms with Gasteiger partial charge in [-0.25, -0.2) is 0 Å². The number of hydrogen-bond acceptors (Lipinski definition) is 3. The van der Waals surface area contributed by atoms with Crippen LogP contribution in [0.3, 0.4) is 0 Å². The molecule has 0 bridgehead atoms. The largest absolute Gasteiger partial charge is 0.396 e. The number of rotatable bonds is 7. The molecule has 1 fully saturated rings. The van der Waals surface area contributed by atoms with E-state index in [1.807, 2.05) is 7.05 Å². The summed E-state index contributed by atoms with van der Waals surface area (Å²) in [6.07, 6.45) is 4.61. The highest BCUT2D eigenvalue weighted by molar-refractivity contribution is 6.31. The molecule has 2 rings (SSSR count). The SMILES string of the molecule is CNC(C)c1ccc(N(CCCO)C2CCC2)cc1Cl. The Morgan fingerprint density at radius 2 is 2.20 bits per heavy atom. The first-order valence-electron chi connectivity index (χ1n) is 7.51. The molecule has 0 amide bonds. The van der Waals surface area contributed by atoms with Crippen LogP contribution in [0.4, 0.5) is 5.69 Å². The molecule has 3 nitrogen and oxygen atoms in total. The van der Waals surface area contributed by atoms with E-state index in [9.17, 15) is 0 Å². The number of benzene rings is 1. The average Bonchev–Trinajstić information content (AvgIpc) is 2.40. The van der Waals surface area contributed by atoms with Gasteiger partial charge in [0.05, 0.1) is 0 Å². The van der Waals surface area contributed by atoms with Crippen molar-refractivity contribution in [2.75, 3.05) is 25.1 Å². The summed E-state index contributed by atoms with van der Waals surface area (Å²) in [5.41, 5.74) is 2.31. The first-order valence-corrected chi connectivity index (χ1v) is 7.89. The molecule has 0 spiro atoms. The molecule has 2 N–H and O–H groups in total. The monoisotopic (exact) mass is 296 g/mol. The van der Waals surface area contributed by atoms with Crippen molar-refractivity contribution in [3.8, 4) is 0 Å². The van der Waals surface area contributed by atoms with Crippen molar-refractivity contribution < 1.29 is 5.11 Å². The second kappa shape index (κ2) is 7.30.